The molecule has 0 spiro atoms. The number of rotatable bonds is 5. The molecule has 7 nitrogen and oxygen atoms in total. The normalized spacial score (nSPS) is 13.3. The number of nitrogens with zero attached hydrogens (tertiary/aromatic N) is 2. The summed E-state index contributed by atoms with van der Waals surface area (Å²) in [4.78, 5) is 36.2. The van der Waals surface area contributed by atoms with E-state index in [0.717, 1.165) is 5.56 Å². The average Bonchev–Trinajstić information content (AvgIpc) is 2.62. The zero-order valence-electron chi connectivity index (χ0n) is 13.5. The third kappa shape index (κ3) is 3.82. The van der Waals surface area contributed by atoms with Crippen molar-refractivity contribution in [1.82, 2.24) is 5.32 Å². The number of anilines is 1. The monoisotopic (exact) mass is 339 g/mol. The van der Waals surface area contributed by atoms with Crippen molar-refractivity contribution in [2.75, 3.05) is 11.4 Å². The maximum Gasteiger partial charge on any atom is 0.269 e. The molecule has 7 heteroatoms. The number of nitro groups is 1. The first kappa shape index (κ1) is 16.6. The minimum atomic E-state index is -0.465. The molecule has 25 heavy (non-hydrogen) atoms. The third-order valence-electron chi connectivity index (χ3n) is 4.11. The Labute approximate surface area is 144 Å². The zero-order chi connectivity index (χ0) is 17.8. The zero-order valence-corrected chi connectivity index (χ0v) is 13.5. The van der Waals surface area contributed by atoms with Gasteiger partial charge in [-0.3, -0.25) is 19.7 Å². The average molecular weight is 339 g/mol. The van der Waals surface area contributed by atoms with Crippen molar-refractivity contribution in [3.63, 3.8) is 0 Å². The fourth-order valence-electron chi connectivity index (χ4n) is 2.83. The van der Waals surface area contributed by atoms with Gasteiger partial charge in [-0.2, -0.15) is 0 Å². The highest BCUT2D eigenvalue weighted by molar-refractivity contribution is 6.01. The quantitative estimate of drug-likeness (QED) is 0.667. The molecule has 0 unspecified atom stereocenters. The van der Waals surface area contributed by atoms with Crippen molar-refractivity contribution in [3.8, 4) is 0 Å². The largest absolute Gasteiger partial charge is 0.350 e. The smallest absolute Gasteiger partial charge is 0.269 e. The molecular formula is C18H17N3O4. The van der Waals surface area contributed by atoms with Crippen LogP contribution in [-0.4, -0.2) is 23.3 Å². The van der Waals surface area contributed by atoms with Gasteiger partial charge < -0.3 is 10.2 Å². The maximum absolute atomic E-state index is 12.2. The van der Waals surface area contributed by atoms with Gasteiger partial charge in [0.05, 0.1) is 4.92 Å². The lowest BCUT2D eigenvalue weighted by Crippen LogP contribution is -2.42. The Kier molecular flexibility index (Phi) is 4.74. The summed E-state index contributed by atoms with van der Waals surface area (Å²) in [5.74, 6) is -0.431. The van der Waals surface area contributed by atoms with Gasteiger partial charge >= 0.3 is 0 Å². The fraction of sp³-hybridized carbons (Fsp3) is 0.222. The van der Waals surface area contributed by atoms with Gasteiger partial charge in [-0.1, -0.05) is 30.3 Å². The van der Waals surface area contributed by atoms with Crippen molar-refractivity contribution in [1.29, 1.82) is 0 Å². The van der Waals surface area contributed by atoms with E-state index in [-0.39, 0.29) is 30.5 Å². The number of benzene rings is 2. The summed E-state index contributed by atoms with van der Waals surface area (Å²) in [6.07, 6.45) is 0.679. The van der Waals surface area contributed by atoms with Crippen LogP contribution in [0.4, 0.5) is 11.4 Å². The number of aryl methyl sites for hydroxylation is 1. The van der Waals surface area contributed by atoms with Crippen molar-refractivity contribution < 1.29 is 14.5 Å². The summed E-state index contributed by atoms with van der Waals surface area (Å²) in [7, 11) is 0. The Morgan fingerprint density at radius 3 is 2.64 bits per heavy atom. The van der Waals surface area contributed by atoms with Crippen LogP contribution in [0.25, 0.3) is 0 Å². The summed E-state index contributed by atoms with van der Waals surface area (Å²) in [5, 5.41) is 13.7. The minimum Gasteiger partial charge on any atom is -0.350 e. The maximum atomic E-state index is 12.2. The summed E-state index contributed by atoms with van der Waals surface area (Å²) in [6.45, 7) is 0.283. The first-order valence-electron chi connectivity index (χ1n) is 7.93. The number of hydrogen-bond donors (Lipinski definition) is 1. The van der Waals surface area contributed by atoms with E-state index in [1.54, 1.807) is 0 Å². The number of amides is 2. The van der Waals surface area contributed by atoms with E-state index in [1.165, 1.54) is 23.1 Å². The molecule has 0 aromatic heterocycles. The van der Waals surface area contributed by atoms with Crippen molar-refractivity contribution in [2.24, 2.45) is 0 Å². The predicted molar refractivity (Wildman–Crippen MR) is 92.1 cm³/mol. The predicted octanol–water partition coefficient (Wildman–Crippen LogP) is 2.19. The van der Waals surface area contributed by atoms with Gasteiger partial charge in [-0.15, -0.1) is 0 Å². The lowest BCUT2D eigenvalue weighted by Gasteiger charge is -2.28. The number of non-ortho nitro benzene ring substituents is 1. The molecule has 2 aromatic carbocycles. The van der Waals surface area contributed by atoms with Crippen LogP contribution in [0.5, 0.6) is 0 Å². The van der Waals surface area contributed by atoms with E-state index in [1.807, 2.05) is 30.3 Å². The molecule has 0 atom stereocenters. The van der Waals surface area contributed by atoms with Gasteiger partial charge in [0.1, 0.15) is 6.54 Å². The number of nitrogens with one attached hydrogen (secondary N) is 1. The van der Waals surface area contributed by atoms with E-state index in [2.05, 4.69) is 5.32 Å². The summed E-state index contributed by atoms with van der Waals surface area (Å²) < 4.78 is 0. The van der Waals surface area contributed by atoms with Gasteiger partial charge in [0.15, 0.2) is 0 Å². The molecule has 128 valence electrons. The molecule has 0 saturated carbocycles. The van der Waals surface area contributed by atoms with Gasteiger partial charge in [-0.05, 0) is 23.6 Å². The molecule has 1 aliphatic rings. The number of carbonyl (C=O) groups excluding carboxylic acids is 2. The molecular weight excluding hydrogens is 322 g/mol. The standard InChI is InChI=1S/C18H17N3O4/c22-17(19-11-13-4-2-1-3-5-13)12-20-16-8-7-15(21(24)25)10-14(16)6-9-18(20)23/h1-5,7-8,10H,6,9,11-12H2,(H,19,22). The molecule has 2 aromatic rings. The van der Waals surface area contributed by atoms with E-state index >= 15 is 0 Å². The van der Waals surface area contributed by atoms with E-state index in [4.69, 9.17) is 0 Å². The van der Waals surface area contributed by atoms with Crippen molar-refractivity contribution in [3.05, 3.63) is 69.8 Å². The number of nitro benzene ring substituents is 1. The van der Waals surface area contributed by atoms with Crippen LogP contribution < -0.4 is 10.2 Å². The highest BCUT2D eigenvalue weighted by atomic mass is 16.6. The molecule has 3 rings (SSSR count). The second-order valence-corrected chi connectivity index (χ2v) is 5.81. The molecule has 1 N–H and O–H groups in total. The number of hydrogen-bond acceptors (Lipinski definition) is 4. The van der Waals surface area contributed by atoms with E-state index in [9.17, 15) is 19.7 Å². The Hall–Kier alpha value is -3.22. The molecule has 1 heterocycles. The second-order valence-electron chi connectivity index (χ2n) is 5.81. The topological polar surface area (TPSA) is 92.5 Å². The summed E-state index contributed by atoms with van der Waals surface area (Å²) in [5.41, 5.74) is 2.24. The first-order valence-corrected chi connectivity index (χ1v) is 7.93. The van der Waals surface area contributed by atoms with E-state index in [0.29, 0.717) is 24.2 Å². The van der Waals surface area contributed by atoms with Gasteiger partial charge in [0, 0.05) is 30.8 Å². The summed E-state index contributed by atoms with van der Waals surface area (Å²) in [6, 6.07) is 13.8. The molecule has 0 fully saturated rings. The van der Waals surface area contributed by atoms with Crippen LogP contribution in [0.15, 0.2) is 48.5 Å². The Balaban J connectivity index is 1.70. The van der Waals surface area contributed by atoms with Gasteiger partial charge in [0.2, 0.25) is 11.8 Å². The van der Waals surface area contributed by atoms with Gasteiger partial charge in [-0.25, -0.2) is 0 Å². The second kappa shape index (κ2) is 7.12. The van der Waals surface area contributed by atoms with Crippen molar-refractivity contribution in [2.45, 2.75) is 19.4 Å². The van der Waals surface area contributed by atoms with Crippen LogP contribution in [0.1, 0.15) is 17.5 Å². The molecule has 0 saturated heterocycles. The molecule has 2 amide bonds. The van der Waals surface area contributed by atoms with Crippen LogP contribution in [0.2, 0.25) is 0 Å². The Bertz CT molecular complexity index is 820. The molecule has 0 aliphatic carbocycles. The molecule has 1 aliphatic heterocycles. The Morgan fingerprint density at radius 1 is 1.16 bits per heavy atom. The molecule has 0 radical (unpaired) electrons. The molecule has 0 bridgehead atoms. The lowest BCUT2D eigenvalue weighted by atomic mass is 10.0. The highest BCUT2D eigenvalue weighted by Crippen LogP contribution is 2.30. The SMILES string of the molecule is O=C(CN1C(=O)CCc2cc([N+](=O)[O-])ccc21)NCc1ccccc1. The third-order valence-corrected chi connectivity index (χ3v) is 4.11. The van der Waals surface area contributed by atoms with Crippen LogP contribution in [0, 0.1) is 10.1 Å². The van der Waals surface area contributed by atoms with Gasteiger partial charge in [0.25, 0.3) is 5.69 Å². The van der Waals surface area contributed by atoms with Crippen molar-refractivity contribution >= 4 is 23.2 Å². The number of carbonyl (C=O) groups is 2. The summed E-state index contributed by atoms with van der Waals surface area (Å²) >= 11 is 0. The van der Waals surface area contributed by atoms with Crippen LogP contribution in [-0.2, 0) is 22.6 Å². The fourth-order valence-corrected chi connectivity index (χ4v) is 2.83. The first-order chi connectivity index (χ1) is 12.0. The lowest BCUT2D eigenvalue weighted by molar-refractivity contribution is -0.384. The Morgan fingerprint density at radius 2 is 1.92 bits per heavy atom. The van der Waals surface area contributed by atoms with E-state index < -0.39 is 4.92 Å². The highest BCUT2D eigenvalue weighted by Gasteiger charge is 2.27. The van der Waals surface area contributed by atoms with Crippen LogP contribution in [0.3, 0.4) is 0 Å². The number of fused-ring (bicyclic) bond motifs is 1. The van der Waals surface area contributed by atoms with Crippen LogP contribution >= 0.6 is 0 Å². The minimum absolute atomic E-state index is 0.0124.